The highest BCUT2D eigenvalue weighted by Crippen LogP contribution is 2.32. The average Bonchev–Trinajstić information content (AvgIpc) is 2.92. The summed E-state index contributed by atoms with van der Waals surface area (Å²) in [6.45, 7) is 2.71. The van der Waals surface area contributed by atoms with Gasteiger partial charge in [-0.25, -0.2) is 0 Å². The van der Waals surface area contributed by atoms with Crippen molar-refractivity contribution in [1.82, 2.24) is 5.32 Å². The molecule has 0 aromatic heterocycles. The molecular weight excluding hydrogens is 466 g/mol. The molecule has 181 valence electrons. The summed E-state index contributed by atoms with van der Waals surface area (Å²) in [5.41, 5.74) is 16.0. The number of aliphatic imine (C=N–C) groups is 1. The molecule has 3 nitrogen and oxygen atoms in total. The first kappa shape index (κ1) is 24.5. The first-order chi connectivity index (χ1) is 18.1. The van der Waals surface area contributed by atoms with Crippen molar-refractivity contribution in [2.45, 2.75) is 13.3 Å². The molecule has 4 aromatic rings. The summed E-state index contributed by atoms with van der Waals surface area (Å²) < 4.78 is 0. The van der Waals surface area contributed by atoms with E-state index in [4.69, 9.17) is 10.7 Å². The highest BCUT2D eigenvalue weighted by Gasteiger charge is 2.18. The van der Waals surface area contributed by atoms with Crippen LogP contribution in [0.15, 0.2) is 126 Å². The number of rotatable bonds is 7. The topological polar surface area (TPSA) is 50.4 Å². The van der Waals surface area contributed by atoms with Gasteiger partial charge >= 0.3 is 0 Å². The fourth-order valence-corrected chi connectivity index (χ4v) is 5.10. The number of nitrogens with one attached hydrogen (secondary N) is 1. The summed E-state index contributed by atoms with van der Waals surface area (Å²) in [4.78, 5) is 5.04. The van der Waals surface area contributed by atoms with Crippen LogP contribution < -0.4 is 16.2 Å². The lowest BCUT2D eigenvalue weighted by atomic mass is 9.86. The van der Waals surface area contributed by atoms with Gasteiger partial charge in [-0.3, -0.25) is 4.99 Å². The number of para-hydroxylation sites is 1. The lowest BCUT2D eigenvalue weighted by Gasteiger charge is -2.23. The zero-order valence-electron chi connectivity index (χ0n) is 21.0. The largest absolute Gasteiger partial charge is 0.398 e. The summed E-state index contributed by atoms with van der Waals surface area (Å²) >= 11 is 0. The van der Waals surface area contributed by atoms with E-state index in [-0.39, 0.29) is 0 Å². The first-order valence-corrected chi connectivity index (χ1v) is 13.1. The Kier molecular flexibility index (Phi) is 7.48. The molecule has 37 heavy (non-hydrogen) atoms. The monoisotopic (exact) mass is 496 g/mol. The Balaban J connectivity index is 1.47. The van der Waals surface area contributed by atoms with Crippen LogP contribution in [0.2, 0.25) is 0 Å². The maximum Gasteiger partial charge on any atom is 0.108 e. The molecule has 1 aliphatic carbocycles. The fraction of sp³-hybridized carbons (Fsp3) is 0.121. The third-order valence-electron chi connectivity index (χ3n) is 6.72. The van der Waals surface area contributed by atoms with Crippen LogP contribution in [0, 0.1) is 5.92 Å². The van der Waals surface area contributed by atoms with E-state index in [9.17, 15) is 0 Å². The normalized spacial score (nSPS) is 15.6. The predicted octanol–water partition coefficient (Wildman–Crippen LogP) is 6.12. The first-order valence-electron chi connectivity index (χ1n) is 12.6. The zero-order chi connectivity index (χ0) is 25.6. The highest BCUT2D eigenvalue weighted by molar-refractivity contribution is 6.32. The van der Waals surface area contributed by atoms with Crippen LogP contribution in [0.25, 0.3) is 16.7 Å². The molecule has 0 heterocycles. The summed E-state index contributed by atoms with van der Waals surface area (Å²) in [7, 11) is 3.68. The van der Waals surface area contributed by atoms with Gasteiger partial charge in [0, 0.05) is 22.5 Å². The molecular formula is C33H30N3Si. The SMILES string of the molecule is CC1CC=CC(NCN=C(c2ccc(-c3ccccc3)cc2)c2ccccc2N)=C1c1cccc([Si])c1. The minimum absolute atomic E-state index is 0.416. The summed E-state index contributed by atoms with van der Waals surface area (Å²) in [5, 5.41) is 4.67. The molecule has 0 bridgehead atoms. The second-order valence-electron chi connectivity index (χ2n) is 9.32. The van der Waals surface area contributed by atoms with Crippen LogP contribution >= 0.6 is 0 Å². The summed E-state index contributed by atoms with van der Waals surface area (Å²) in [5.74, 6) is 0.416. The molecule has 0 saturated heterocycles. The lowest BCUT2D eigenvalue weighted by Crippen LogP contribution is -2.20. The van der Waals surface area contributed by atoms with E-state index in [1.165, 1.54) is 22.3 Å². The second-order valence-corrected chi connectivity index (χ2v) is 9.90. The molecule has 3 radical (unpaired) electrons. The second kappa shape index (κ2) is 11.3. The van der Waals surface area contributed by atoms with Crippen LogP contribution in [0.5, 0.6) is 0 Å². The Morgan fingerprint density at radius 3 is 2.32 bits per heavy atom. The Morgan fingerprint density at radius 1 is 0.865 bits per heavy atom. The van der Waals surface area contributed by atoms with Crippen molar-refractivity contribution in [2.24, 2.45) is 10.9 Å². The zero-order valence-corrected chi connectivity index (χ0v) is 22.0. The molecule has 0 saturated carbocycles. The number of anilines is 1. The maximum absolute atomic E-state index is 6.40. The Labute approximate surface area is 222 Å². The van der Waals surface area contributed by atoms with E-state index in [0.717, 1.165) is 34.1 Å². The van der Waals surface area contributed by atoms with Crippen molar-refractivity contribution in [1.29, 1.82) is 0 Å². The number of nitrogen functional groups attached to an aromatic ring is 1. The van der Waals surface area contributed by atoms with Gasteiger partial charge in [-0.2, -0.15) is 0 Å². The summed E-state index contributed by atoms with van der Waals surface area (Å²) in [6.07, 6.45) is 5.43. The van der Waals surface area contributed by atoms with Gasteiger partial charge in [-0.15, -0.1) is 0 Å². The van der Waals surface area contributed by atoms with Crippen LogP contribution in [-0.4, -0.2) is 22.6 Å². The van der Waals surface area contributed by atoms with Crippen LogP contribution in [0.1, 0.15) is 30.0 Å². The van der Waals surface area contributed by atoms with Gasteiger partial charge < -0.3 is 11.1 Å². The van der Waals surface area contributed by atoms with Gasteiger partial charge in [-0.05, 0) is 46.7 Å². The van der Waals surface area contributed by atoms with Gasteiger partial charge in [0.2, 0.25) is 0 Å². The molecule has 0 fully saturated rings. The van der Waals surface area contributed by atoms with Crippen LogP contribution in [-0.2, 0) is 0 Å². The minimum atomic E-state index is 0.416. The van der Waals surface area contributed by atoms with E-state index in [1.807, 2.05) is 30.3 Å². The highest BCUT2D eigenvalue weighted by atomic mass is 28.1. The quantitative estimate of drug-likeness (QED) is 0.184. The molecule has 0 amide bonds. The molecule has 0 spiro atoms. The number of benzene rings is 4. The Hall–Kier alpha value is -4.15. The molecule has 5 rings (SSSR count). The van der Waals surface area contributed by atoms with Gasteiger partial charge in [0.05, 0.1) is 16.0 Å². The third kappa shape index (κ3) is 5.65. The standard InChI is InChI=1S/C33H30N3Si/c1-23-9-7-16-31(32(23)27-12-8-13-28(37)21-27)35-22-36-33(29-14-5-6-15-30(29)34)26-19-17-25(18-20-26)24-10-3-2-4-11-24/h2-8,10-21,23,35H,9,22,34H2,1H3. The van der Waals surface area contributed by atoms with Crippen molar-refractivity contribution < 1.29 is 0 Å². The van der Waals surface area contributed by atoms with Crippen LogP contribution in [0.3, 0.4) is 0 Å². The fourth-order valence-electron chi connectivity index (χ4n) is 4.84. The van der Waals surface area contributed by atoms with E-state index in [2.05, 4.69) is 107 Å². The van der Waals surface area contributed by atoms with E-state index in [1.54, 1.807) is 0 Å². The average molecular weight is 497 g/mol. The number of nitrogens with zero attached hydrogens (tertiary/aromatic N) is 1. The van der Waals surface area contributed by atoms with E-state index >= 15 is 0 Å². The smallest absolute Gasteiger partial charge is 0.108 e. The summed E-state index contributed by atoms with van der Waals surface area (Å²) in [6, 6.07) is 35.4. The van der Waals surface area contributed by atoms with Gasteiger partial charge in [0.15, 0.2) is 0 Å². The predicted molar refractivity (Wildman–Crippen MR) is 158 cm³/mol. The Bertz CT molecular complexity index is 1470. The van der Waals surface area contributed by atoms with Gasteiger partial charge in [-0.1, -0.05) is 115 Å². The minimum Gasteiger partial charge on any atom is -0.398 e. The molecule has 1 unspecified atom stereocenters. The molecule has 4 aromatic carbocycles. The number of hydrogen-bond donors (Lipinski definition) is 2. The number of hydrogen-bond acceptors (Lipinski definition) is 3. The van der Waals surface area contributed by atoms with Crippen LogP contribution in [0.4, 0.5) is 5.69 Å². The van der Waals surface area contributed by atoms with E-state index < -0.39 is 0 Å². The van der Waals surface area contributed by atoms with Crippen molar-refractivity contribution in [2.75, 3.05) is 12.4 Å². The Morgan fingerprint density at radius 2 is 1.57 bits per heavy atom. The number of nitrogens with two attached hydrogens (primary N) is 1. The van der Waals surface area contributed by atoms with Crippen molar-refractivity contribution in [3.8, 4) is 11.1 Å². The third-order valence-corrected chi connectivity index (χ3v) is 7.03. The molecule has 4 heteroatoms. The number of allylic oxidation sites excluding steroid dienone is 3. The molecule has 1 aliphatic rings. The molecule has 3 N–H and O–H groups in total. The van der Waals surface area contributed by atoms with Crippen molar-refractivity contribution in [3.05, 3.63) is 138 Å². The molecule has 1 atom stereocenters. The van der Waals surface area contributed by atoms with E-state index in [0.29, 0.717) is 18.3 Å². The van der Waals surface area contributed by atoms with Crippen molar-refractivity contribution in [3.63, 3.8) is 0 Å². The van der Waals surface area contributed by atoms with Gasteiger partial charge in [0.1, 0.15) is 6.67 Å². The van der Waals surface area contributed by atoms with Gasteiger partial charge in [0.25, 0.3) is 0 Å². The molecule has 0 aliphatic heterocycles. The maximum atomic E-state index is 6.40. The van der Waals surface area contributed by atoms with Crippen molar-refractivity contribution >= 4 is 32.4 Å². The lowest BCUT2D eigenvalue weighted by molar-refractivity contribution is 0.729.